The number of aromatic nitrogens is 1. The van der Waals surface area contributed by atoms with Crippen LogP contribution in [0.5, 0.6) is 0 Å². The average Bonchev–Trinajstić information content (AvgIpc) is 2.68. The van der Waals surface area contributed by atoms with Gasteiger partial charge in [0.1, 0.15) is 0 Å². The first kappa shape index (κ1) is 18.2. The minimum Gasteiger partial charge on any atom is -0.383 e. The molecule has 3 heterocycles. The van der Waals surface area contributed by atoms with Crippen molar-refractivity contribution >= 4 is 22.5 Å². The van der Waals surface area contributed by atoms with Gasteiger partial charge in [0.15, 0.2) is 0 Å². The molecule has 5 nitrogen and oxygen atoms in total. The molecule has 2 aliphatic rings. The quantitative estimate of drug-likeness (QED) is 0.831. The highest BCUT2D eigenvalue weighted by molar-refractivity contribution is 5.92. The summed E-state index contributed by atoms with van der Waals surface area (Å²) in [6.45, 7) is 6.38. The van der Waals surface area contributed by atoms with Gasteiger partial charge in [-0.05, 0) is 44.4 Å². The Bertz CT molecular complexity index is 837. The number of anilines is 1. The largest absolute Gasteiger partial charge is 0.383 e. The van der Waals surface area contributed by atoms with Crippen LogP contribution in [0.3, 0.4) is 0 Å². The lowest BCUT2D eigenvalue weighted by molar-refractivity contribution is -0.138. The van der Waals surface area contributed by atoms with E-state index in [1.165, 1.54) is 29.5 Å². The zero-order valence-corrected chi connectivity index (χ0v) is 16.4. The number of ether oxygens (including phenoxy) is 1. The molecule has 1 spiro atoms. The summed E-state index contributed by atoms with van der Waals surface area (Å²) in [5.74, 6) is 0.278. The first-order valence-corrected chi connectivity index (χ1v) is 9.97. The van der Waals surface area contributed by atoms with E-state index in [4.69, 9.17) is 4.74 Å². The Morgan fingerprint density at radius 3 is 2.96 bits per heavy atom. The number of fused-ring (bicyclic) bond motifs is 1. The molecule has 0 radical (unpaired) electrons. The number of hydrogen-bond acceptors (Lipinski definition) is 4. The van der Waals surface area contributed by atoms with Crippen molar-refractivity contribution in [2.75, 3.05) is 44.8 Å². The molecule has 0 aliphatic carbocycles. The van der Waals surface area contributed by atoms with E-state index >= 15 is 0 Å². The molecule has 2 saturated heterocycles. The highest BCUT2D eigenvalue weighted by Crippen LogP contribution is 2.41. The number of pyridine rings is 1. The summed E-state index contributed by atoms with van der Waals surface area (Å²) in [7, 11) is 1.70. The van der Waals surface area contributed by atoms with Crippen LogP contribution in [-0.2, 0) is 9.53 Å². The molecule has 0 bridgehead atoms. The normalized spacial score (nSPS) is 23.4. The van der Waals surface area contributed by atoms with E-state index in [1.54, 1.807) is 7.11 Å². The maximum atomic E-state index is 12.3. The number of aryl methyl sites for hydroxylation is 1. The summed E-state index contributed by atoms with van der Waals surface area (Å²) >= 11 is 0. The molecular weight excluding hydrogens is 338 g/mol. The molecule has 2 aromatic rings. The fourth-order valence-corrected chi connectivity index (χ4v) is 4.78. The second-order valence-electron chi connectivity index (χ2n) is 8.18. The minimum atomic E-state index is 0.194. The number of hydrogen-bond donors (Lipinski definition) is 0. The average molecular weight is 367 g/mol. The Labute approximate surface area is 161 Å². The van der Waals surface area contributed by atoms with Crippen molar-refractivity contribution in [3.8, 4) is 0 Å². The van der Waals surface area contributed by atoms with Gasteiger partial charge in [-0.1, -0.05) is 11.6 Å². The molecule has 1 atom stereocenters. The van der Waals surface area contributed by atoms with E-state index in [2.05, 4.69) is 41.1 Å². The third-order valence-electron chi connectivity index (χ3n) is 6.19. The van der Waals surface area contributed by atoms with Gasteiger partial charge >= 0.3 is 0 Å². The first-order valence-electron chi connectivity index (χ1n) is 9.97. The van der Waals surface area contributed by atoms with Crippen molar-refractivity contribution in [2.45, 2.75) is 32.6 Å². The van der Waals surface area contributed by atoms with Crippen LogP contribution < -0.4 is 4.90 Å². The Kier molecular flexibility index (Phi) is 5.04. The SMILES string of the molecule is COCCN1C[C@]2(CCCN(c3ccnc4ccc(C)cc34)C2)CCC1=O. The van der Waals surface area contributed by atoms with Crippen molar-refractivity contribution in [3.63, 3.8) is 0 Å². The van der Waals surface area contributed by atoms with Gasteiger partial charge in [0.05, 0.1) is 12.1 Å². The van der Waals surface area contributed by atoms with Crippen LogP contribution in [0.15, 0.2) is 30.5 Å². The monoisotopic (exact) mass is 367 g/mol. The Balaban J connectivity index is 1.60. The Morgan fingerprint density at radius 2 is 2.11 bits per heavy atom. The van der Waals surface area contributed by atoms with Gasteiger partial charge in [-0.3, -0.25) is 9.78 Å². The topological polar surface area (TPSA) is 45.7 Å². The molecule has 0 N–H and O–H groups in total. The van der Waals surface area contributed by atoms with Gasteiger partial charge in [0.2, 0.25) is 5.91 Å². The molecule has 1 aromatic carbocycles. The summed E-state index contributed by atoms with van der Waals surface area (Å²) in [6.07, 6.45) is 5.94. The number of amides is 1. The van der Waals surface area contributed by atoms with Gasteiger partial charge in [0.25, 0.3) is 0 Å². The Morgan fingerprint density at radius 1 is 1.22 bits per heavy atom. The molecule has 2 fully saturated rings. The maximum Gasteiger partial charge on any atom is 0.222 e. The second-order valence-corrected chi connectivity index (χ2v) is 8.18. The van der Waals surface area contributed by atoms with Gasteiger partial charge < -0.3 is 14.5 Å². The van der Waals surface area contributed by atoms with Crippen molar-refractivity contribution in [1.82, 2.24) is 9.88 Å². The second kappa shape index (κ2) is 7.47. The van der Waals surface area contributed by atoms with Gasteiger partial charge in [-0.2, -0.15) is 0 Å². The van der Waals surface area contributed by atoms with Gasteiger partial charge in [0, 0.05) is 62.4 Å². The van der Waals surface area contributed by atoms with E-state index < -0.39 is 0 Å². The van der Waals surface area contributed by atoms with E-state index in [0.717, 1.165) is 31.6 Å². The van der Waals surface area contributed by atoms with Crippen LogP contribution in [0.25, 0.3) is 10.9 Å². The number of piperidine rings is 2. The van der Waals surface area contributed by atoms with Crippen LogP contribution in [0, 0.1) is 12.3 Å². The molecular formula is C22H29N3O2. The summed E-state index contributed by atoms with van der Waals surface area (Å²) in [4.78, 5) is 21.4. The molecule has 0 saturated carbocycles. The predicted molar refractivity (Wildman–Crippen MR) is 108 cm³/mol. The van der Waals surface area contributed by atoms with E-state index in [9.17, 15) is 4.79 Å². The highest BCUT2D eigenvalue weighted by atomic mass is 16.5. The fraction of sp³-hybridized carbons (Fsp3) is 0.545. The standard InChI is InChI=1S/C22H29N3O2/c1-17-4-5-19-18(14-17)20(7-10-23-19)24-11-3-8-22(15-24)9-6-21(26)25(16-22)12-13-27-2/h4-5,7,10,14H,3,6,8-9,11-13,15-16H2,1-2H3/t22-/m1/s1. The number of nitrogens with zero attached hydrogens (tertiary/aromatic N) is 3. The molecule has 5 heteroatoms. The predicted octanol–water partition coefficient (Wildman–Crippen LogP) is 3.40. The number of likely N-dealkylation sites (tertiary alicyclic amines) is 1. The van der Waals surface area contributed by atoms with Crippen LogP contribution in [0.2, 0.25) is 0 Å². The lowest BCUT2D eigenvalue weighted by Gasteiger charge is -2.49. The fourth-order valence-electron chi connectivity index (χ4n) is 4.78. The first-order chi connectivity index (χ1) is 13.1. The van der Waals surface area contributed by atoms with Gasteiger partial charge in [-0.15, -0.1) is 0 Å². The van der Waals surface area contributed by atoms with Crippen LogP contribution >= 0.6 is 0 Å². The minimum absolute atomic E-state index is 0.194. The maximum absolute atomic E-state index is 12.3. The van der Waals surface area contributed by atoms with Crippen molar-refractivity contribution in [1.29, 1.82) is 0 Å². The summed E-state index contributed by atoms with van der Waals surface area (Å²) in [6, 6.07) is 8.63. The lowest BCUT2D eigenvalue weighted by Crippen LogP contribution is -2.54. The number of carbonyl (C=O) groups excluding carboxylic acids is 1. The zero-order valence-electron chi connectivity index (χ0n) is 16.4. The molecule has 27 heavy (non-hydrogen) atoms. The number of benzene rings is 1. The third kappa shape index (κ3) is 3.65. The summed E-state index contributed by atoms with van der Waals surface area (Å²) < 4.78 is 5.21. The lowest BCUT2D eigenvalue weighted by atomic mass is 9.73. The van der Waals surface area contributed by atoms with Crippen molar-refractivity contribution in [2.24, 2.45) is 5.41 Å². The van der Waals surface area contributed by atoms with E-state index in [-0.39, 0.29) is 11.3 Å². The van der Waals surface area contributed by atoms with Crippen LogP contribution in [0.1, 0.15) is 31.2 Å². The van der Waals surface area contributed by atoms with Crippen LogP contribution in [0.4, 0.5) is 5.69 Å². The van der Waals surface area contributed by atoms with E-state index in [1.807, 2.05) is 11.1 Å². The zero-order chi connectivity index (χ0) is 18.9. The Hall–Kier alpha value is -2.14. The van der Waals surface area contributed by atoms with Crippen molar-refractivity contribution in [3.05, 3.63) is 36.0 Å². The molecule has 4 rings (SSSR count). The smallest absolute Gasteiger partial charge is 0.222 e. The van der Waals surface area contributed by atoms with E-state index in [0.29, 0.717) is 19.6 Å². The molecule has 2 aliphatic heterocycles. The van der Waals surface area contributed by atoms with Crippen LogP contribution in [-0.4, -0.2) is 55.7 Å². The molecule has 0 unspecified atom stereocenters. The number of methoxy groups -OCH3 is 1. The molecule has 1 aromatic heterocycles. The number of carbonyl (C=O) groups is 1. The van der Waals surface area contributed by atoms with Gasteiger partial charge in [-0.25, -0.2) is 0 Å². The summed E-state index contributed by atoms with van der Waals surface area (Å²) in [5.41, 5.74) is 3.79. The number of rotatable bonds is 4. The van der Waals surface area contributed by atoms with Crippen molar-refractivity contribution < 1.29 is 9.53 Å². The molecule has 144 valence electrons. The summed E-state index contributed by atoms with van der Waals surface area (Å²) in [5, 5.41) is 1.23. The molecule has 1 amide bonds. The third-order valence-corrected chi connectivity index (χ3v) is 6.19. The highest BCUT2D eigenvalue weighted by Gasteiger charge is 2.41.